The third kappa shape index (κ3) is 5.23. The molecule has 1 heterocycles. The first kappa shape index (κ1) is 20.6. The maximum Gasteiger partial charge on any atom is 0.293 e. The first-order chi connectivity index (χ1) is 14.0. The lowest BCUT2D eigenvalue weighted by atomic mass is 10.1. The number of benzene rings is 2. The zero-order valence-electron chi connectivity index (χ0n) is 15.7. The second kappa shape index (κ2) is 9.38. The Morgan fingerprint density at radius 3 is 2.55 bits per heavy atom. The van der Waals surface area contributed by atoms with Crippen molar-refractivity contribution in [1.82, 2.24) is 10.2 Å². The van der Waals surface area contributed by atoms with Crippen molar-refractivity contribution in [2.45, 2.75) is 19.4 Å². The number of hydrogen-bond donors (Lipinski definition) is 2. The van der Waals surface area contributed by atoms with Crippen LogP contribution in [0.4, 0.5) is 11.4 Å². The standard InChI is InChI=1S/C20H21ClN4O4/c21-16-6-2-1-5-15(16)12-22-17-8-7-14(11-18(17)25(28)29)20(27)23-13-19(26)24-9-3-4-10-24/h1-2,5-8,11,22H,3-4,9-10,12-13H2,(H,23,27). The summed E-state index contributed by atoms with van der Waals surface area (Å²) in [7, 11) is 0. The summed E-state index contributed by atoms with van der Waals surface area (Å²) in [6, 6.07) is 11.4. The minimum Gasteiger partial charge on any atom is -0.375 e. The number of halogens is 1. The molecule has 0 radical (unpaired) electrons. The van der Waals surface area contributed by atoms with Crippen molar-refractivity contribution in [2.75, 3.05) is 25.0 Å². The summed E-state index contributed by atoms with van der Waals surface area (Å²) in [5.74, 6) is -0.679. The molecule has 9 heteroatoms. The number of nitrogens with zero attached hydrogens (tertiary/aromatic N) is 2. The summed E-state index contributed by atoms with van der Waals surface area (Å²) in [5.41, 5.74) is 0.968. The van der Waals surface area contributed by atoms with Crippen molar-refractivity contribution in [2.24, 2.45) is 0 Å². The first-order valence-electron chi connectivity index (χ1n) is 9.27. The molecule has 2 aromatic rings. The molecule has 2 aromatic carbocycles. The molecule has 0 aromatic heterocycles. The Morgan fingerprint density at radius 1 is 1.14 bits per heavy atom. The molecule has 3 rings (SSSR count). The Kier molecular flexibility index (Phi) is 6.66. The second-order valence-electron chi connectivity index (χ2n) is 6.70. The van der Waals surface area contributed by atoms with Gasteiger partial charge >= 0.3 is 0 Å². The molecule has 0 saturated carbocycles. The maximum atomic E-state index is 12.3. The summed E-state index contributed by atoms with van der Waals surface area (Å²) in [6.07, 6.45) is 1.93. The van der Waals surface area contributed by atoms with Crippen molar-refractivity contribution >= 4 is 34.8 Å². The summed E-state index contributed by atoms with van der Waals surface area (Å²) < 4.78 is 0. The highest BCUT2D eigenvalue weighted by Gasteiger charge is 2.20. The number of carbonyl (C=O) groups excluding carboxylic acids is 2. The minimum absolute atomic E-state index is 0.120. The van der Waals surface area contributed by atoms with E-state index in [-0.39, 0.29) is 29.4 Å². The van der Waals surface area contributed by atoms with Crippen LogP contribution >= 0.6 is 11.6 Å². The van der Waals surface area contributed by atoms with E-state index in [2.05, 4.69) is 10.6 Å². The highest BCUT2D eigenvalue weighted by Crippen LogP contribution is 2.27. The van der Waals surface area contributed by atoms with Gasteiger partial charge in [0.05, 0.1) is 11.5 Å². The maximum absolute atomic E-state index is 12.3. The largest absolute Gasteiger partial charge is 0.375 e. The molecule has 1 aliphatic rings. The number of rotatable bonds is 7. The van der Waals surface area contributed by atoms with E-state index in [1.807, 2.05) is 12.1 Å². The van der Waals surface area contributed by atoms with Crippen molar-refractivity contribution < 1.29 is 14.5 Å². The van der Waals surface area contributed by atoms with Gasteiger partial charge in [0.1, 0.15) is 5.69 Å². The molecule has 8 nitrogen and oxygen atoms in total. The minimum atomic E-state index is -0.554. The van der Waals surface area contributed by atoms with Gasteiger partial charge in [-0.1, -0.05) is 29.8 Å². The van der Waals surface area contributed by atoms with Gasteiger partial charge in [-0.3, -0.25) is 19.7 Å². The predicted octanol–water partition coefficient (Wildman–Crippen LogP) is 3.21. The van der Waals surface area contributed by atoms with E-state index < -0.39 is 10.8 Å². The third-order valence-electron chi connectivity index (χ3n) is 4.74. The van der Waals surface area contributed by atoms with E-state index in [9.17, 15) is 19.7 Å². The highest BCUT2D eigenvalue weighted by atomic mass is 35.5. The topological polar surface area (TPSA) is 105 Å². The molecule has 2 N–H and O–H groups in total. The molecule has 152 valence electrons. The molecular weight excluding hydrogens is 396 g/mol. The molecule has 0 spiro atoms. The summed E-state index contributed by atoms with van der Waals surface area (Å²) in [5, 5.41) is 17.5. The Balaban J connectivity index is 1.66. The molecule has 0 bridgehead atoms. The first-order valence-corrected chi connectivity index (χ1v) is 9.65. The SMILES string of the molecule is O=C(NCC(=O)N1CCCC1)c1ccc(NCc2ccccc2Cl)c([N+](=O)[O-])c1. The highest BCUT2D eigenvalue weighted by molar-refractivity contribution is 6.31. The van der Waals surface area contributed by atoms with E-state index >= 15 is 0 Å². The lowest BCUT2D eigenvalue weighted by Crippen LogP contribution is -2.38. The molecule has 1 aliphatic heterocycles. The zero-order valence-corrected chi connectivity index (χ0v) is 16.4. The predicted molar refractivity (Wildman–Crippen MR) is 110 cm³/mol. The van der Waals surface area contributed by atoms with Gasteiger partial charge < -0.3 is 15.5 Å². The number of hydrogen-bond acceptors (Lipinski definition) is 5. The van der Waals surface area contributed by atoms with Crippen LogP contribution in [0.3, 0.4) is 0 Å². The molecule has 0 aliphatic carbocycles. The van der Waals surface area contributed by atoms with E-state index in [0.717, 1.165) is 18.4 Å². The van der Waals surface area contributed by atoms with Crippen LogP contribution in [0.1, 0.15) is 28.8 Å². The van der Waals surface area contributed by atoms with Crippen molar-refractivity contribution in [3.63, 3.8) is 0 Å². The Morgan fingerprint density at radius 2 is 1.86 bits per heavy atom. The van der Waals surface area contributed by atoms with Gasteiger partial charge in [-0.2, -0.15) is 0 Å². The van der Waals surface area contributed by atoms with E-state index in [0.29, 0.717) is 24.7 Å². The number of carbonyl (C=O) groups is 2. The van der Waals surface area contributed by atoms with Crippen molar-refractivity contribution in [1.29, 1.82) is 0 Å². The number of nitro groups is 1. The average molecular weight is 417 g/mol. The van der Waals surface area contributed by atoms with Crippen molar-refractivity contribution in [3.8, 4) is 0 Å². The molecule has 0 unspecified atom stereocenters. The fourth-order valence-corrected chi connectivity index (χ4v) is 3.34. The molecule has 0 atom stereocenters. The van der Waals surface area contributed by atoms with Gasteiger partial charge in [0.15, 0.2) is 0 Å². The molecule has 2 amide bonds. The van der Waals surface area contributed by atoms with Crippen LogP contribution in [0.5, 0.6) is 0 Å². The quantitative estimate of drug-likeness (QED) is 0.532. The normalized spacial score (nSPS) is 13.2. The fourth-order valence-electron chi connectivity index (χ4n) is 3.14. The number of likely N-dealkylation sites (tertiary alicyclic amines) is 1. The van der Waals surface area contributed by atoms with E-state index in [1.54, 1.807) is 17.0 Å². The van der Waals surface area contributed by atoms with E-state index in [4.69, 9.17) is 11.6 Å². The number of anilines is 1. The van der Waals surface area contributed by atoms with Crippen molar-refractivity contribution in [3.05, 3.63) is 68.7 Å². The summed E-state index contributed by atoms with van der Waals surface area (Å²) in [4.78, 5) is 37.0. The monoisotopic (exact) mass is 416 g/mol. The van der Waals surface area contributed by atoms with Crippen LogP contribution in [0, 0.1) is 10.1 Å². The second-order valence-corrected chi connectivity index (χ2v) is 7.11. The van der Waals surface area contributed by atoms with Crippen LogP contribution in [-0.2, 0) is 11.3 Å². The van der Waals surface area contributed by atoms with Gasteiger partial charge in [-0.25, -0.2) is 0 Å². The van der Waals surface area contributed by atoms with Gasteiger partial charge in [-0.15, -0.1) is 0 Å². The van der Waals surface area contributed by atoms with Gasteiger partial charge in [0.25, 0.3) is 11.6 Å². The molecular formula is C20H21ClN4O4. The number of nitrogens with one attached hydrogen (secondary N) is 2. The number of amides is 2. The van der Waals surface area contributed by atoms with Crippen LogP contribution in [0.25, 0.3) is 0 Å². The lowest BCUT2D eigenvalue weighted by Gasteiger charge is -2.15. The smallest absolute Gasteiger partial charge is 0.293 e. The van der Waals surface area contributed by atoms with Crippen LogP contribution in [0.15, 0.2) is 42.5 Å². The van der Waals surface area contributed by atoms with Crippen LogP contribution in [0.2, 0.25) is 5.02 Å². The Bertz CT molecular complexity index is 928. The van der Waals surface area contributed by atoms with Gasteiger partial charge in [0, 0.05) is 36.3 Å². The van der Waals surface area contributed by atoms with Gasteiger partial charge in [-0.05, 0) is 36.6 Å². The molecule has 1 fully saturated rings. The summed E-state index contributed by atoms with van der Waals surface area (Å²) >= 11 is 6.11. The third-order valence-corrected chi connectivity index (χ3v) is 5.11. The Labute approximate surface area is 173 Å². The zero-order chi connectivity index (χ0) is 20.8. The van der Waals surface area contributed by atoms with E-state index in [1.165, 1.54) is 18.2 Å². The number of nitro benzene ring substituents is 1. The van der Waals surface area contributed by atoms with Gasteiger partial charge in [0.2, 0.25) is 5.91 Å². The molecule has 29 heavy (non-hydrogen) atoms. The Hall–Kier alpha value is -3.13. The van der Waals surface area contributed by atoms with Crippen LogP contribution < -0.4 is 10.6 Å². The molecule has 1 saturated heterocycles. The average Bonchev–Trinajstić information content (AvgIpc) is 3.26. The summed E-state index contributed by atoms with van der Waals surface area (Å²) in [6.45, 7) is 1.58. The van der Waals surface area contributed by atoms with Crippen LogP contribution in [-0.4, -0.2) is 41.3 Å². The fraction of sp³-hybridized carbons (Fsp3) is 0.300. The lowest BCUT2D eigenvalue weighted by molar-refractivity contribution is -0.384.